The van der Waals surface area contributed by atoms with Gasteiger partial charge in [-0.15, -0.1) is 5.10 Å². The number of amides is 1. The molecule has 0 spiro atoms. The van der Waals surface area contributed by atoms with Crippen LogP contribution in [0.25, 0.3) is 11.7 Å². The lowest BCUT2D eigenvalue weighted by Gasteiger charge is -2.09. The lowest BCUT2D eigenvalue weighted by molar-refractivity contribution is -0.118. The fraction of sp³-hybridized carbons (Fsp3) is 0.133. The molecule has 3 rings (SSSR count). The highest BCUT2D eigenvalue weighted by Gasteiger charge is 2.14. The second kappa shape index (κ2) is 6.65. The molecule has 2 heterocycles. The number of furan rings is 1. The fourth-order valence-electron chi connectivity index (χ4n) is 1.81. The molecule has 8 heteroatoms. The Morgan fingerprint density at radius 2 is 2.00 bits per heavy atom. The van der Waals surface area contributed by atoms with Gasteiger partial charge in [0.25, 0.3) is 11.8 Å². The standard InChI is InChI=1S/C15H13N3O5/c1-20-10-5-2-3-6-11(10)22-9-13(19)16-15-18-17-14(23-15)12-7-4-8-21-12/h2-8H,9H2,1H3,(H,16,18,19). The zero-order chi connectivity index (χ0) is 16.1. The molecule has 8 nitrogen and oxygen atoms in total. The van der Waals surface area contributed by atoms with Gasteiger partial charge in [0.1, 0.15) is 0 Å². The van der Waals surface area contributed by atoms with Crippen molar-refractivity contribution >= 4 is 11.9 Å². The molecule has 0 fully saturated rings. The molecule has 23 heavy (non-hydrogen) atoms. The van der Waals surface area contributed by atoms with Gasteiger partial charge in [0, 0.05) is 0 Å². The highest BCUT2D eigenvalue weighted by atomic mass is 16.5. The maximum Gasteiger partial charge on any atom is 0.322 e. The Balaban J connectivity index is 1.57. The maximum absolute atomic E-state index is 11.9. The van der Waals surface area contributed by atoms with Gasteiger partial charge in [-0.2, -0.15) is 0 Å². The van der Waals surface area contributed by atoms with E-state index in [9.17, 15) is 4.79 Å². The monoisotopic (exact) mass is 315 g/mol. The predicted octanol–water partition coefficient (Wildman–Crippen LogP) is 2.36. The second-order valence-corrected chi connectivity index (χ2v) is 4.38. The molecule has 3 aromatic rings. The molecule has 1 amide bonds. The first kappa shape index (κ1) is 14.6. The minimum atomic E-state index is -0.439. The molecule has 0 saturated heterocycles. The summed E-state index contributed by atoms with van der Waals surface area (Å²) in [5.74, 6) is 1.16. The number of benzene rings is 1. The first-order chi connectivity index (χ1) is 11.3. The number of nitrogens with zero attached hydrogens (tertiary/aromatic N) is 2. The van der Waals surface area contributed by atoms with E-state index in [1.165, 1.54) is 13.4 Å². The van der Waals surface area contributed by atoms with E-state index in [0.717, 1.165) is 0 Å². The molecule has 0 aliphatic carbocycles. The summed E-state index contributed by atoms with van der Waals surface area (Å²) in [7, 11) is 1.52. The number of ether oxygens (including phenoxy) is 2. The average molecular weight is 315 g/mol. The summed E-state index contributed by atoms with van der Waals surface area (Å²) in [6.45, 7) is -0.223. The van der Waals surface area contributed by atoms with Crippen molar-refractivity contribution in [3.63, 3.8) is 0 Å². The van der Waals surface area contributed by atoms with Crippen LogP contribution in [-0.4, -0.2) is 29.8 Å². The normalized spacial score (nSPS) is 10.3. The number of carbonyl (C=O) groups excluding carboxylic acids is 1. The third-order valence-corrected chi connectivity index (χ3v) is 2.83. The van der Waals surface area contributed by atoms with Crippen molar-refractivity contribution in [2.75, 3.05) is 19.0 Å². The van der Waals surface area contributed by atoms with Crippen molar-refractivity contribution < 1.29 is 23.1 Å². The highest BCUT2D eigenvalue weighted by molar-refractivity contribution is 5.89. The van der Waals surface area contributed by atoms with E-state index < -0.39 is 5.91 Å². The van der Waals surface area contributed by atoms with Crippen molar-refractivity contribution in [3.8, 4) is 23.1 Å². The van der Waals surface area contributed by atoms with Gasteiger partial charge in [0.05, 0.1) is 13.4 Å². The number of hydrogen-bond acceptors (Lipinski definition) is 7. The molecule has 2 aromatic heterocycles. The Bertz CT molecular complexity index is 782. The van der Waals surface area contributed by atoms with Crippen LogP contribution in [0.5, 0.6) is 11.5 Å². The third kappa shape index (κ3) is 3.49. The largest absolute Gasteiger partial charge is 0.493 e. The molecule has 0 bridgehead atoms. The van der Waals surface area contributed by atoms with E-state index in [1.54, 1.807) is 36.4 Å². The SMILES string of the molecule is COc1ccccc1OCC(=O)Nc1nnc(-c2ccco2)o1. The molecule has 0 aliphatic heterocycles. The lowest BCUT2D eigenvalue weighted by Crippen LogP contribution is -2.20. The van der Waals surface area contributed by atoms with Crippen LogP contribution in [-0.2, 0) is 4.79 Å². The van der Waals surface area contributed by atoms with Gasteiger partial charge in [0.15, 0.2) is 23.9 Å². The van der Waals surface area contributed by atoms with Gasteiger partial charge < -0.3 is 18.3 Å². The van der Waals surface area contributed by atoms with E-state index >= 15 is 0 Å². The summed E-state index contributed by atoms with van der Waals surface area (Å²) < 4.78 is 20.9. The van der Waals surface area contributed by atoms with Gasteiger partial charge in [-0.25, -0.2) is 0 Å². The van der Waals surface area contributed by atoms with Crippen molar-refractivity contribution in [3.05, 3.63) is 42.7 Å². The number of para-hydroxylation sites is 2. The van der Waals surface area contributed by atoms with E-state index in [-0.39, 0.29) is 18.5 Å². The van der Waals surface area contributed by atoms with E-state index in [2.05, 4.69) is 15.5 Å². The van der Waals surface area contributed by atoms with Gasteiger partial charge in [-0.3, -0.25) is 10.1 Å². The zero-order valence-electron chi connectivity index (χ0n) is 12.2. The minimum absolute atomic E-state index is 0.0370. The lowest BCUT2D eigenvalue weighted by atomic mass is 10.3. The first-order valence-electron chi connectivity index (χ1n) is 6.69. The summed E-state index contributed by atoms with van der Waals surface area (Å²) in [5.41, 5.74) is 0. The topological polar surface area (TPSA) is 99.6 Å². The Morgan fingerprint density at radius 1 is 1.17 bits per heavy atom. The number of hydrogen-bond donors (Lipinski definition) is 1. The van der Waals surface area contributed by atoms with Crippen LogP contribution < -0.4 is 14.8 Å². The maximum atomic E-state index is 11.9. The van der Waals surface area contributed by atoms with Gasteiger partial charge in [-0.1, -0.05) is 17.2 Å². The number of aromatic nitrogens is 2. The molecular formula is C15H13N3O5. The summed E-state index contributed by atoms with van der Waals surface area (Å²) in [4.78, 5) is 11.9. The van der Waals surface area contributed by atoms with Crippen LogP contribution in [0.15, 0.2) is 51.5 Å². The summed E-state index contributed by atoms with van der Waals surface area (Å²) in [6, 6.07) is 10.4. The van der Waals surface area contributed by atoms with Crippen LogP contribution in [0.3, 0.4) is 0 Å². The van der Waals surface area contributed by atoms with Crippen molar-refractivity contribution in [1.82, 2.24) is 10.2 Å². The summed E-state index contributed by atoms with van der Waals surface area (Å²) in [6.07, 6.45) is 1.48. The zero-order valence-corrected chi connectivity index (χ0v) is 12.2. The number of nitrogens with one attached hydrogen (secondary N) is 1. The van der Waals surface area contributed by atoms with Gasteiger partial charge in [0.2, 0.25) is 0 Å². The Hall–Kier alpha value is -3.29. The van der Waals surface area contributed by atoms with Crippen LogP contribution in [0.2, 0.25) is 0 Å². The molecule has 118 valence electrons. The third-order valence-electron chi connectivity index (χ3n) is 2.83. The molecule has 1 aromatic carbocycles. The van der Waals surface area contributed by atoms with Crippen LogP contribution >= 0.6 is 0 Å². The second-order valence-electron chi connectivity index (χ2n) is 4.38. The Labute approximate surface area is 131 Å². The average Bonchev–Trinajstić information content (AvgIpc) is 3.24. The highest BCUT2D eigenvalue weighted by Crippen LogP contribution is 2.25. The van der Waals surface area contributed by atoms with Crippen LogP contribution in [0, 0.1) is 0 Å². The van der Waals surface area contributed by atoms with E-state index in [0.29, 0.717) is 17.3 Å². The molecular weight excluding hydrogens is 302 g/mol. The number of rotatable bonds is 6. The molecule has 0 radical (unpaired) electrons. The first-order valence-corrected chi connectivity index (χ1v) is 6.69. The van der Waals surface area contributed by atoms with Gasteiger partial charge in [-0.05, 0) is 24.3 Å². The molecule has 0 atom stereocenters. The number of methoxy groups -OCH3 is 1. The molecule has 0 unspecified atom stereocenters. The molecule has 0 aliphatic rings. The summed E-state index contributed by atoms with van der Waals surface area (Å²) >= 11 is 0. The van der Waals surface area contributed by atoms with Crippen molar-refractivity contribution in [2.45, 2.75) is 0 Å². The van der Waals surface area contributed by atoms with Crippen LogP contribution in [0.1, 0.15) is 0 Å². The van der Waals surface area contributed by atoms with Crippen LogP contribution in [0.4, 0.5) is 6.01 Å². The predicted molar refractivity (Wildman–Crippen MR) is 79.1 cm³/mol. The van der Waals surface area contributed by atoms with Gasteiger partial charge >= 0.3 is 6.01 Å². The smallest absolute Gasteiger partial charge is 0.322 e. The van der Waals surface area contributed by atoms with Crippen molar-refractivity contribution in [2.24, 2.45) is 0 Å². The quantitative estimate of drug-likeness (QED) is 0.745. The Morgan fingerprint density at radius 3 is 2.74 bits per heavy atom. The number of anilines is 1. The number of carbonyl (C=O) groups is 1. The van der Waals surface area contributed by atoms with Crippen molar-refractivity contribution in [1.29, 1.82) is 0 Å². The summed E-state index contributed by atoms with van der Waals surface area (Å²) in [5, 5.41) is 9.93. The molecule has 1 N–H and O–H groups in total. The molecule has 0 saturated carbocycles. The fourth-order valence-corrected chi connectivity index (χ4v) is 1.81. The Kier molecular flexibility index (Phi) is 4.23. The minimum Gasteiger partial charge on any atom is -0.493 e. The van der Waals surface area contributed by atoms with E-state index in [1.807, 2.05) is 0 Å². The van der Waals surface area contributed by atoms with E-state index in [4.69, 9.17) is 18.3 Å².